The van der Waals surface area contributed by atoms with Crippen LogP contribution in [0.5, 0.6) is 0 Å². The van der Waals surface area contributed by atoms with Gasteiger partial charge in [-0.2, -0.15) is 0 Å². The van der Waals surface area contributed by atoms with Gasteiger partial charge in [0.05, 0.1) is 0 Å². The average Bonchev–Trinajstić information content (AvgIpc) is 3.10. The summed E-state index contributed by atoms with van der Waals surface area (Å²) in [4.78, 5) is 24.1. The summed E-state index contributed by atoms with van der Waals surface area (Å²) in [6, 6.07) is 0. The van der Waals surface area contributed by atoms with Crippen LogP contribution in [0.2, 0.25) is 0 Å². The van der Waals surface area contributed by atoms with Crippen molar-refractivity contribution in [1.82, 2.24) is 0 Å². The second kappa shape index (κ2) is 11.4. The molecule has 3 unspecified atom stereocenters. The highest BCUT2D eigenvalue weighted by Gasteiger charge is 2.58. The first-order valence-corrected chi connectivity index (χ1v) is 15.0. The van der Waals surface area contributed by atoms with Crippen LogP contribution in [0.3, 0.4) is 0 Å². The zero-order valence-electron chi connectivity index (χ0n) is 21.0. The molecule has 4 aliphatic rings. The van der Waals surface area contributed by atoms with E-state index in [1.54, 1.807) is 12.5 Å². The molecule has 0 amide bonds. The third-order valence-electron chi connectivity index (χ3n) is 9.80. The quantitative estimate of drug-likeness (QED) is 0.127. The zero-order chi connectivity index (χ0) is 23.4. The first kappa shape index (κ1) is 25.5. The zero-order valence-corrected chi connectivity index (χ0v) is 22.6. The predicted octanol–water partition coefficient (Wildman–Crippen LogP) is 7.95. The normalized spacial score (nSPS) is 35.7. The van der Waals surface area contributed by atoms with Crippen LogP contribution in [0, 0.1) is 29.1 Å². The Balaban J connectivity index is 1.44. The first-order valence-electron chi connectivity index (χ1n) is 13.9. The lowest BCUT2D eigenvalue weighted by molar-refractivity contribution is -0.155. The minimum Gasteiger partial charge on any atom is -0.462 e. The molecule has 6 atom stereocenters. The molecule has 0 aromatic rings. The molecule has 0 radical (unpaired) electrons. The number of halogens is 1. The fraction of sp³-hybridized carbons (Fsp3) is 0.862. The number of hydrogen-bond acceptors (Lipinski definition) is 3. The Hall–Kier alpha value is -0.640. The van der Waals surface area contributed by atoms with E-state index in [2.05, 4.69) is 22.9 Å². The minimum atomic E-state index is -0.115. The van der Waals surface area contributed by atoms with Crippen LogP contribution in [-0.4, -0.2) is 23.2 Å². The van der Waals surface area contributed by atoms with Crippen molar-refractivity contribution in [3.05, 3.63) is 11.1 Å². The van der Waals surface area contributed by atoms with Gasteiger partial charge in [0.15, 0.2) is 0 Å². The highest BCUT2D eigenvalue weighted by Crippen LogP contribution is 2.63. The molecular formula is C29H45BrO3. The number of hydrogen-bond donors (Lipinski definition) is 0. The Morgan fingerprint density at radius 2 is 1.76 bits per heavy atom. The van der Waals surface area contributed by atoms with E-state index in [0.717, 1.165) is 43.4 Å². The van der Waals surface area contributed by atoms with Gasteiger partial charge >= 0.3 is 5.97 Å². The van der Waals surface area contributed by atoms with Crippen LogP contribution in [0.25, 0.3) is 0 Å². The van der Waals surface area contributed by atoms with Crippen LogP contribution < -0.4 is 0 Å². The summed E-state index contributed by atoms with van der Waals surface area (Å²) in [5.41, 5.74) is 3.36. The standard InChI is InChI=1S/C29H45BrO3/c1-20(31)33-27-14-13-26-28-21(10-8-6-4-3-5-7-9-17-30)18-22-19-23(32)11-12-24(22)25(28)15-16-29(26,27)2/h21,25-28H,3-19H2,1-2H3/t21-,25?,26?,27+,28?,29+/m1/s1. The van der Waals surface area contributed by atoms with Gasteiger partial charge in [-0.25, -0.2) is 0 Å². The lowest BCUT2D eigenvalue weighted by atomic mass is 9.51. The number of ether oxygens (including phenoxy) is 1. The van der Waals surface area contributed by atoms with Crippen molar-refractivity contribution < 1.29 is 14.3 Å². The summed E-state index contributed by atoms with van der Waals surface area (Å²) in [7, 11) is 0. The number of alkyl halides is 1. The number of Topliss-reactive ketones (excluding diaryl/α,β-unsaturated/α-hetero) is 1. The fourth-order valence-corrected chi connectivity index (χ4v) is 8.67. The number of esters is 1. The number of carbonyl (C=O) groups excluding carboxylic acids is 2. The molecule has 4 rings (SSSR count). The van der Waals surface area contributed by atoms with Crippen molar-refractivity contribution in [1.29, 1.82) is 0 Å². The SMILES string of the molecule is CC(=O)O[C@H]1CCC2C3C(CC[C@@]21C)C1=C(CC(=O)CC1)C[C@H]3CCCCCCCCCBr. The average molecular weight is 522 g/mol. The summed E-state index contributed by atoms with van der Waals surface area (Å²) >= 11 is 3.53. The molecule has 0 saturated heterocycles. The number of rotatable bonds is 10. The van der Waals surface area contributed by atoms with E-state index < -0.39 is 0 Å². The summed E-state index contributed by atoms with van der Waals surface area (Å²) in [5, 5.41) is 1.13. The Bertz CT molecular complexity index is 743. The van der Waals surface area contributed by atoms with Crippen LogP contribution >= 0.6 is 15.9 Å². The molecule has 2 fully saturated rings. The molecule has 0 heterocycles. The molecule has 4 aliphatic carbocycles. The van der Waals surface area contributed by atoms with E-state index in [1.165, 1.54) is 76.2 Å². The molecule has 186 valence electrons. The molecule has 3 nitrogen and oxygen atoms in total. The predicted molar refractivity (Wildman–Crippen MR) is 137 cm³/mol. The van der Waals surface area contributed by atoms with Crippen molar-refractivity contribution in [3.63, 3.8) is 0 Å². The number of ketones is 1. The van der Waals surface area contributed by atoms with Crippen LogP contribution in [0.15, 0.2) is 11.1 Å². The van der Waals surface area contributed by atoms with Crippen molar-refractivity contribution in [2.24, 2.45) is 29.1 Å². The lowest BCUT2D eigenvalue weighted by Gasteiger charge is -2.54. The Labute approximate surface area is 210 Å². The fourth-order valence-electron chi connectivity index (χ4n) is 8.28. The van der Waals surface area contributed by atoms with E-state index in [-0.39, 0.29) is 17.5 Å². The third kappa shape index (κ3) is 5.62. The molecule has 4 heteroatoms. The minimum absolute atomic E-state index is 0.101. The number of unbranched alkanes of at least 4 members (excludes halogenated alkanes) is 6. The van der Waals surface area contributed by atoms with Crippen molar-refractivity contribution in [2.75, 3.05) is 5.33 Å². The summed E-state index contributed by atoms with van der Waals surface area (Å²) < 4.78 is 5.87. The maximum atomic E-state index is 12.3. The molecule has 0 aromatic heterocycles. The van der Waals surface area contributed by atoms with Crippen molar-refractivity contribution in [3.8, 4) is 0 Å². The van der Waals surface area contributed by atoms with Gasteiger partial charge in [0.1, 0.15) is 11.9 Å². The Kier molecular flexibility index (Phi) is 8.79. The van der Waals surface area contributed by atoms with Gasteiger partial charge in [-0.1, -0.05) is 72.5 Å². The lowest BCUT2D eigenvalue weighted by Crippen LogP contribution is -2.49. The van der Waals surface area contributed by atoms with E-state index in [9.17, 15) is 9.59 Å². The maximum Gasteiger partial charge on any atom is 0.302 e. The Morgan fingerprint density at radius 1 is 1.03 bits per heavy atom. The van der Waals surface area contributed by atoms with Gasteiger partial charge < -0.3 is 4.74 Å². The maximum absolute atomic E-state index is 12.3. The van der Waals surface area contributed by atoms with E-state index >= 15 is 0 Å². The van der Waals surface area contributed by atoms with Gasteiger partial charge in [-0.3, -0.25) is 9.59 Å². The van der Waals surface area contributed by atoms with E-state index in [1.807, 2.05) is 0 Å². The highest BCUT2D eigenvalue weighted by atomic mass is 79.9. The summed E-state index contributed by atoms with van der Waals surface area (Å²) in [5.74, 6) is 3.15. The molecular weight excluding hydrogens is 476 g/mol. The summed E-state index contributed by atoms with van der Waals surface area (Å²) in [6.45, 7) is 3.99. The molecule has 0 spiro atoms. The van der Waals surface area contributed by atoms with Gasteiger partial charge in [0, 0.05) is 30.5 Å². The van der Waals surface area contributed by atoms with Crippen molar-refractivity contribution >= 4 is 27.7 Å². The molecule has 0 aromatic carbocycles. The summed E-state index contributed by atoms with van der Waals surface area (Å²) in [6.07, 6.45) is 19.2. The highest BCUT2D eigenvalue weighted by molar-refractivity contribution is 9.09. The van der Waals surface area contributed by atoms with Crippen LogP contribution in [0.1, 0.15) is 117 Å². The van der Waals surface area contributed by atoms with E-state index in [4.69, 9.17) is 4.74 Å². The monoisotopic (exact) mass is 520 g/mol. The van der Waals surface area contributed by atoms with E-state index in [0.29, 0.717) is 23.5 Å². The van der Waals surface area contributed by atoms with Crippen LogP contribution in [0.4, 0.5) is 0 Å². The van der Waals surface area contributed by atoms with Crippen molar-refractivity contribution in [2.45, 2.75) is 123 Å². The van der Waals surface area contributed by atoms with Crippen LogP contribution in [-0.2, 0) is 14.3 Å². The largest absolute Gasteiger partial charge is 0.462 e. The second-order valence-electron chi connectivity index (χ2n) is 11.8. The third-order valence-corrected chi connectivity index (χ3v) is 10.4. The van der Waals surface area contributed by atoms with Gasteiger partial charge in [0.2, 0.25) is 0 Å². The molecule has 33 heavy (non-hydrogen) atoms. The first-order chi connectivity index (χ1) is 15.9. The number of carbonyl (C=O) groups is 2. The van der Waals surface area contributed by atoms with Gasteiger partial charge in [-0.15, -0.1) is 0 Å². The molecule has 0 aliphatic heterocycles. The number of allylic oxidation sites excluding steroid dienone is 2. The molecule has 0 N–H and O–H groups in total. The van der Waals surface area contributed by atoms with Gasteiger partial charge in [0.25, 0.3) is 0 Å². The molecule has 0 bridgehead atoms. The second-order valence-corrected chi connectivity index (χ2v) is 12.6. The van der Waals surface area contributed by atoms with Gasteiger partial charge in [-0.05, 0) is 75.0 Å². The Morgan fingerprint density at radius 3 is 2.48 bits per heavy atom. The molecule has 2 saturated carbocycles. The number of fused-ring (bicyclic) bond motifs is 4. The smallest absolute Gasteiger partial charge is 0.302 e. The topological polar surface area (TPSA) is 43.4 Å².